The Morgan fingerprint density at radius 2 is 0.707 bits per heavy atom. The van der Waals surface area contributed by atoms with Crippen molar-refractivity contribution in [3.8, 4) is 0 Å². The molecule has 0 spiro atoms. The Bertz CT molecular complexity index is 1190. The molecule has 0 saturated carbocycles. The van der Waals surface area contributed by atoms with Gasteiger partial charge in [-0.15, -0.1) is 0 Å². The van der Waals surface area contributed by atoms with Crippen LogP contribution in [0.4, 0.5) is 0 Å². The third kappa shape index (κ3) is 9.37. The van der Waals surface area contributed by atoms with Gasteiger partial charge in [0.25, 0.3) is 0 Å². The molecule has 41 heavy (non-hydrogen) atoms. The van der Waals surface area contributed by atoms with E-state index < -0.39 is 0 Å². The Morgan fingerprint density at radius 1 is 0.415 bits per heavy atom. The summed E-state index contributed by atoms with van der Waals surface area (Å²) in [6.07, 6.45) is 0. The molecular formula is C37H46N4. The molecule has 0 amide bonds. The van der Waals surface area contributed by atoms with E-state index in [9.17, 15) is 0 Å². The van der Waals surface area contributed by atoms with Crippen molar-refractivity contribution in [2.75, 3.05) is 52.4 Å². The number of hydrogen-bond donors (Lipinski definition) is 0. The van der Waals surface area contributed by atoms with E-state index in [1.165, 1.54) is 22.3 Å². The molecule has 1 saturated heterocycles. The van der Waals surface area contributed by atoms with E-state index in [1.54, 1.807) is 0 Å². The zero-order valence-electron chi connectivity index (χ0n) is 24.7. The predicted molar refractivity (Wildman–Crippen MR) is 172 cm³/mol. The van der Waals surface area contributed by atoms with Crippen LogP contribution in [0.2, 0.25) is 0 Å². The van der Waals surface area contributed by atoms with Crippen LogP contribution in [0.3, 0.4) is 0 Å². The fraction of sp³-hybridized carbons (Fsp3) is 0.351. The first kappa shape index (κ1) is 29.2. The van der Waals surface area contributed by atoms with E-state index in [0.29, 0.717) is 6.04 Å². The van der Waals surface area contributed by atoms with Gasteiger partial charge in [-0.25, -0.2) is 0 Å². The zero-order chi connectivity index (χ0) is 28.1. The molecule has 0 radical (unpaired) electrons. The average Bonchev–Trinajstić information content (AvgIpc) is 3.02. The van der Waals surface area contributed by atoms with Crippen LogP contribution in [-0.2, 0) is 19.6 Å². The van der Waals surface area contributed by atoms with Crippen LogP contribution in [-0.4, -0.2) is 72.0 Å². The first-order valence-electron chi connectivity index (χ1n) is 15.3. The Balaban J connectivity index is 1.36. The molecular weight excluding hydrogens is 500 g/mol. The first-order valence-corrected chi connectivity index (χ1v) is 15.3. The molecule has 0 bridgehead atoms. The summed E-state index contributed by atoms with van der Waals surface area (Å²) in [7, 11) is 0. The summed E-state index contributed by atoms with van der Waals surface area (Å²) >= 11 is 0. The van der Waals surface area contributed by atoms with E-state index in [1.807, 2.05) is 0 Å². The molecule has 1 aliphatic heterocycles. The maximum absolute atomic E-state index is 2.70. The SMILES string of the molecule is C[C@H](c1ccccc1)N1CCN(Cc2ccccc2)CCN(Cc2ccccc2)CCN(Cc2ccccc2)CC1. The van der Waals surface area contributed by atoms with Gasteiger partial charge in [-0.2, -0.15) is 0 Å². The second-order valence-electron chi connectivity index (χ2n) is 11.4. The van der Waals surface area contributed by atoms with Gasteiger partial charge < -0.3 is 0 Å². The van der Waals surface area contributed by atoms with E-state index in [4.69, 9.17) is 0 Å². The van der Waals surface area contributed by atoms with Crippen molar-refractivity contribution in [2.24, 2.45) is 0 Å². The molecule has 0 unspecified atom stereocenters. The maximum Gasteiger partial charge on any atom is 0.0320 e. The van der Waals surface area contributed by atoms with Gasteiger partial charge in [0, 0.05) is 78.0 Å². The zero-order valence-corrected chi connectivity index (χ0v) is 24.7. The second kappa shape index (κ2) is 15.6. The Morgan fingerprint density at radius 3 is 1.05 bits per heavy atom. The van der Waals surface area contributed by atoms with Gasteiger partial charge in [0.15, 0.2) is 0 Å². The van der Waals surface area contributed by atoms with Crippen LogP contribution in [0.15, 0.2) is 121 Å². The van der Waals surface area contributed by atoms with Crippen molar-refractivity contribution in [2.45, 2.75) is 32.6 Å². The molecule has 214 valence electrons. The second-order valence-corrected chi connectivity index (χ2v) is 11.4. The summed E-state index contributed by atoms with van der Waals surface area (Å²) in [4.78, 5) is 10.7. The molecule has 5 rings (SSSR count). The lowest BCUT2D eigenvalue weighted by Gasteiger charge is -2.36. The topological polar surface area (TPSA) is 13.0 Å². The minimum absolute atomic E-state index is 0.380. The van der Waals surface area contributed by atoms with Crippen molar-refractivity contribution in [3.05, 3.63) is 144 Å². The highest BCUT2D eigenvalue weighted by atomic mass is 15.3. The highest BCUT2D eigenvalue weighted by Crippen LogP contribution is 2.21. The minimum atomic E-state index is 0.380. The lowest BCUT2D eigenvalue weighted by molar-refractivity contribution is 0.108. The van der Waals surface area contributed by atoms with Crippen LogP contribution in [0, 0.1) is 0 Å². The van der Waals surface area contributed by atoms with Crippen molar-refractivity contribution in [1.82, 2.24) is 19.6 Å². The highest BCUT2D eigenvalue weighted by molar-refractivity contribution is 5.19. The van der Waals surface area contributed by atoms with Gasteiger partial charge in [0.05, 0.1) is 0 Å². The summed E-state index contributed by atoms with van der Waals surface area (Å²) < 4.78 is 0. The fourth-order valence-electron chi connectivity index (χ4n) is 5.88. The average molecular weight is 547 g/mol. The van der Waals surface area contributed by atoms with Crippen molar-refractivity contribution in [3.63, 3.8) is 0 Å². The van der Waals surface area contributed by atoms with Gasteiger partial charge in [0.1, 0.15) is 0 Å². The van der Waals surface area contributed by atoms with E-state index in [0.717, 1.165) is 72.0 Å². The molecule has 1 fully saturated rings. The first-order chi connectivity index (χ1) is 20.2. The summed E-state index contributed by atoms with van der Waals surface area (Å²) in [5.41, 5.74) is 5.58. The molecule has 0 aliphatic carbocycles. The molecule has 1 atom stereocenters. The third-order valence-electron chi connectivity index (χ3n) is 8.45. The molecule has 1 heterocycles. The molecule has 0 N–H and O–H groups in total. The van der Waals surface area contributed by atoms with Crippen molar-refractivity contribution < 1.29 is 0 Å². The van der Waals surface area contributed by atoms with Crippen LogP contribution < -0.4 is 0 Å². The number of rotatable bonds is 8. The highest BCUT2D eigenvalue weighted by Gasteiger charge is 2.21. The van der Waals surface area contributed by atoms with Crippen LogP contribution in [0.25, 0.3) is 0 Å². The van der Waals surface area contributed by atoms with Crippen molar-refractivity contribution >= 4 is 0 Å². The van der Waals surface area contributed by atoms with Gasteiger partial charge in [-0.1, -0.05) is 121 Å². The van der Waals surface area contributed by atoms with Gasteiger partial charge in [-0.3, -0.25) is 19.6 Å². The maximum atomic E-state index is 2.70. The molecule has 4 aromatic carbocycles. The van der Waals surface area contributed by atoms with Gasteiger partial charge >= 0.3 is 0 Å². The predicted octanol–water partition coefficient (Wildman–Crippen LogP) is 6.57. The fourth-order valence-corrected chi connectivity index (χ4v) is 5.88. The van der Waals surface area contributed by atoms with Crippen LogP contribution in [0.1, 0.15) is 35.2 Å². The number of benzene rings is 4. The summed E-state index contributed by atoms with van der Waals surface area (Å²) in [6.45, 7) is 13.9. The van der Waals surface area contributed by atoms with Gasteiger partial charge in [0.2, 0.25) is 0 Å². The molecule has 4 aromatic rings. The Kier molecular flexibility index (Phi) is 11.2. The number of hydrogen-bond acceptors (Lipinski definition) is 4. The van der Waals surface area contributed by atoms with Crippen molar-refractivity contribution in [1.29, 1.82) is 0 Å². The minimum Gasteiger partial charge on any atom is -0.297 e. The Hall–Kier alpha value is -3.28. The van der Waals surface area contributed by atoms with E-state index in [-0.39, 0.29) is 0 Å². The Labute approximate surface area is 247 Å². The van der Waals surface area contributed by atoms with E-state index in [2.05, 4.69) is 148 Å². The molecule has 4 nitrogen and oxygen atoms in total. The summed E-state index contributed by atoms with van der Waals surface area (Å²) in [5.74, 6) is 0. The lowest BCUT2D eigenvalue weighted by Crippen LogP contribution is -2.46. The van der Waals surface area contributed by atoms with Crippen LogP contribution >= 0.6 is 0 Å². The van der Waals surface area contributed by atoms with Crippen LogP contribution in [0.5, 0.6) is 0 Å². The monoisotopic (exact) mass is 546 g/mol. The smallest absolute Gasteiger partial charge is 0.0320 e. The van der Waals surface area contributed by atoms with E-state index >= 15 is 0 Å². The normalized spacial score (nSPS) is 17.9. The molecule has 1 aliphatic rings. The number of nitrogens with zero attached hydrogens (tertiary/aromatic N) is 4. The molecule has 0 aromatic heterocycles. The standard InChI is InChI=1S/C37H46N4/c1-33(37-20-12-5-13-21-37)41-28-26-39(31-35-16-8-3-9-17-35)24-22-38(30-34-14-6-2-7-15-34)23-25-40(27-29-41)32-36-18-10-4-11-19-36/h2-21,33H,22-32H2,1H3/t33-/m1/s1. The quantitative estimate of drug-likeness (QED) is 0.248. The lowest BCUT2D eigenvalue weighted by atomic mass is 10.1. The van der Waals surface area contributed by atoms with Gasteiger partial charge in [-0.05, 0) is 29.2 Å². The molecule has 4 heteroatoms. The summed E-state index contributed by atoms with van der Waals surface area (Å²) in [5, 5.41) is 0. The largest absolute Gasteiger partial charge is 0.297 e. The summed E-state index contributed by atoms with van der Waals surface area (Å²) in [6, 6.07) is 44.4. The third-order valence-corrected chi connectivity index (χ3v) is 8.45.